The van der Waals surface area contributed by atoms with E-state index in [1.165, 1.54) is 6.07 Å². The van der Waals surface area contributed by atoms with Crippen LogP contribution in [0.4, 0.5) is 10.2 Å². The van der Waals surface area contributed by atoms with Crippen molar-refractivity contribution in [2.45, 2.75) is 6.92 Å². The number of pyridine rings is 2. The molecule has 4 heterocycles. The topological polar surface area (TPSA) is 53.7 Å². The average molecular weight is 414 g/mol. The van der Waals surface area contributed by atoms with E-state index in [0.29, 0.717) is 16.8 Å². The summed E-state index contributed by atoms with van der Waals surface area (Å²) in [6.45, 7) is 7.21. The molecule has 6 rings (SSSR count). The molecule has 2 aliphatic rings. The largest absolute Gasteiger partial charge is 0.354 e. The van der Waals surface area contributed by atoms with Crippen LogP contribution in [0.2, 0.25) is 0 Å². The van der Waals surface area contributed by atoms with Crippen molar-refractivity contribution in [2.24, 2.45) is 0 Å². The second-order valence-electron chi connectivity index (χ2n) is 8.10. The number of likely N-dealkylation sites (N-methyl/N-ethyl adjacent to an activating group) is 1. The Morgan fingerprint density at radius 1 is 1.06 bits per heavy atom. The first-order valence-electron chi connectivity index (χ1n) is 10.6. The minimum atomic E-state index is -0.414. The van der Waals surface area contributed by atoms with E-state index in [1.807, 2.05) is 24.6 Å². The predicted octanol–water partition coefficient (Wildman–Crippen LogP) is 3.10. The van der Waals surface area contributed by atoms with Crippen molar-refractivity contribution >= 4 is 22.4 Å². The van der Waals surface area contributed by atoms with Crippen LogP contribution in [0.15, 0.2) is 47.5 Å². The van der Waals surface area contributed by atoms with Gasteiger partial charge in [0.15, 0.2) is 16.9 Å². The lowest BCUT2D eigenvalue weighted by Gasteiger charge is -2.34. The number of hydrogen-bond acceptors (Lipinski definition) is 5. The van der Waals surface area contributed by atoms with Crippen molar-refractivity contribution in [3.05, 3.63) is 76.3 Å². The fourth-order valence-corrected chi connectivity index (χ4v) is 4.42. The minimum Gasteiger partial charge on any atom is -0.354 e. The van der Waals surface area contributed by atoms with Crippen LogP contribution in [0.1, 0.15) is 18.1 Å². The van der Waals surface area contributed by atoms with Crippen LogP contribution in [-0.2, 0) is 0 Å². The van der Waals surface area contributed by atoms with Gasteiger partial charge in [-0.3, -0.25) is 4.79 Å². The Balaban J connectivity index is 1.46. The summed E-state index contributed by atoms with van der Waals surface area (Å²) >= 11 is 0. The molecule has 0 spiro atoms. The third-order valence-corrected chi connectivity index (χ3v) is 6.31. The fraction of sp³-hybridized carbons (Fsp3) is 0.250. The Morgan fingerprint density at radius 3 is 2.68 bits per heavy atom. The molecule has 0 N–H and O–H groups in total. The van der Waals surface area contributed by atoms with Crippen LogP contribution >= 0.6 is 0 Å². The van der Waals surface area contributed by atoms with Gasteiger partial charge in [-0.2, -0.15) is 0 Å². The van der Waals surface area contributed by atoms with E-state index >= 15 is 0 Å². The molecule has 1 saturated heterocycles. The maximum absolute atomic E-state index is 14.1. The number of halogens is 1. The van der Waals surface area contributed by atoms with Crippen molar-refractivity contribution in [3.63, 3.8) is 0 Å². The van der Waals surface area contributed by atoms with Crippen molar-refractivity contribution in [3.8, 4) is 11.3 Å². The molecule has 1 aromatic carbocycles. The minimum absolute atomic E-state index is 0.0880. The molecule has 0 bridgehead atoms. The SMILES string of the molecule is CCN1CCN(c2ccc3cc(-c4cn5cccc(F)c5n4)c(=O)c4c(c3n2)[CH]4)CC1. The second kappa shape index (κ2) is 6.85. The highest BCUT2D eigenvalue weighted by Gasteiger charge is 2.28. The predicted molar refractivity (Wildman–Crippen MR) is 119 cm³/mol. The van der Waals surface area contributed by atoms with Gasteiger partial charge < -0.3 is 14.2 Å². The number of aromatic nitrogens is 3. The zero-order chi connectivity index (χ0) is 21.1. The van der Waals surface area contributed by atoms with Crippen LogP contribution < -0.4 is 10.3 Å². The molecule has 1 fully saturated rings. The highest BCUT2D eigenvalue weighted by Crippen LogP contribution is 2.36. The molecule has 0 unspecified atom stereocenters. The molecule has 31 heavy (non-hydrogen) atoms. The van der Waals surface area contributed by atoms with Crippen LogP contribution in [0.25, 0.3) is 27.8 Å². The Bertz CT molecular complexity index is 1410. The van der Waals surface area contributed by atoms with Crippen molar-refractivity contribution in [1.29, 1.82) is 0 Å². The highest BCUT2D eigenvalue weighted by molar-refractivity contribution is 5.93. The number of imidazole rings is 1. The van der Waals surface area contributed by atoms with Crippen molar-refractivity contribution < 1.29 is 4.39 Å². The number of hydrogen-bond donors (Lipinski definition) is 0. The number of fused-ring (bicyclic) bond motifs is 4. The Kier molecular flexibility index (Phi) is 4.08. The molecule has 0 saturated carbocycles. The van der Waals surface area contributed by atoms with Crippen molar-refractivity contribution in [2.75, 3.05) is 37.6 Å². The summed E-state index contributed by atoms with van der Waals surface area (Å²) < 4.78 is 15.7. The summed E-state index contributed by atoms with van der Waals surface area (Å²) in [6.07, 6.45) is 5.31. The lowest BCUT2D eigenvalue weighted by molar-refractivity contribution is 0.270. The molecule has 0 amide bonds. The van der Waals surface area contributed by atoms with Crippen LogP contribution in [-0.4, -0.2) is 52.0 Å². The summed E-state index contributed by atoms with van der Waals surface area (Å²) in [5.74, 6) is 0.531. The Labute approximate surface area is 178 Å². The van der Waals surface area contributed by atoms with Gasteiger partial charge in [-0.05, 0) is 42.4 Å². The Hall–Kier alpha value is -3.32. The van der Waals surface area contributed by atoms with E-state index in [1.54, 1.807) is 22.9 Å². The Morgan fingerprint density at radius 2 is 1.90 bits per heavy atom. The van der Waals surface area contributed by atoms with Gasteiger partial charge in [-0.25, -0.2) is 14.4 Å². The quantitative estimate of drug-likeness (QED) is 0.454. The molecule has 1 aliphatic carbocycles. The van der Waals surface area contributed by atoms with Gasteiger partial charge in [0.2, 0.25) is 0 Å². The smallest absolute Gasteiger partial charge is 0.192 e. The normalized spacial score (nSPS) is 16.1. The molecule has 1 radical (unpaired) electrons. The molecule has 6 nitrogen and oxygen atoms in total. The lowest BCUT2D eigenvalue weighted by atomic mass is 10.1. The standard InChI is InChI=1S/C24H21FN5O/c1-2-28-8-10-29(11-9-28)21-6-5-15-12-18(23(31)17-13-16(17)22(15)27-21)20-14-30-7-3-4-19(25)24(30)26-20/h3-7,12-14H,2,8-11H2,1H3. The van der Waals surface area contributed by atoms with E-state index in [-0.39, 0.29) is 11.1 Å². The maximum Gasteiger partial charge on any atom is 0.192 e. The van der Waals surface area contributed by atoms with Gasteiger partial charge in [0.1, 0.15) is 5.82 Å². The highest BCUT2D eigenvalue weighted by atomic mass is 19.1. The number of anilines is 1. The third kappa shape index (κ3) is 2.99. The van der Waals surface area contributed by atoms with E-state index in [2.05, 4.69) is 21.7 Å². The van der Waals surface area contributed by atoms with Gasteiger partial charge >= 0.3 is 0 Å². The lowest BCUT2D eigenvalue weighted by Crippen LogP contribution is -2.46. The number of nitrogens with zero attached hydrogens (tertiary/aromatic N) is 5. The van der Waals surface area contributed by atoms with Gasteiger partial charge in [0.25, 0.3) is 0 Å². The van der Waals surface area contributed by atoms with Gasteiger partial charge in [0.05, 0.1) is 16.8 Å². The van der Waals surface area contributed by atoms with Crippen LogP contribution in [0.5, 0.6) is 0 Å². The van der Waals surface area contributed by atoms with Gasteiger partial charge in [-0.1, -0.05) is 6.92 Å². The summed E-state index contributed by atoms with van der Waals surface area (Å²) in [4.78, 5) is 27.2. The van der Waals surface area contributed by atoms with E-state index in [0.717, 1.165) is 55.0 Å². The molecular formula is C24H21FN5O. The molecular weight excluding hydrogens is 393 g/mol. The number of rotatable bonds is 3. The zero-order valence-electron chi connectivity index (χ0n) is 17.2. The molecule has 1 aliphatic heterocycles. The molecule has 155 valence electrons. The first-order chi connectivity index (χ1) is 15.1. The summed E-state index contributed by atoms with van der Waals surface area (Å²) in [6, 6.07) is 8.87. The van der Waals surface area contributed by atoms with E-state index in [4.69, 9.17) is 4.98 Å². The number of piperazine rings is 1. The fourth-order valence-electron chi connectivity index (χ4n) is 4.42. The molecule has 4 aromatic rings. The van der Waals surface area contributed by atoms with E-state index in [9.17, 15) is 9.18 Å². The first-order valence-corrected chi connectivity index (χ1v) is 10.6. The summed E-state index contributed by atoms with van der Waals surface area (Å²) in [7, 11) is 0. The third-order valence-electron chi connectivity index (χ3n) is 6.31. The monoisotopic (exact) mass is 414 g/mol. The average Bonchev–Trinajstić information content (AvgIpc) is 3.49. The summed E-state index contributed by atoms with van der Waals surface area (Å²) in [5, 5.41) is 0.885. The van der Waals surface area contributed by atoms with Gasteiger partial charge in [-0.15, -0.1) is 0 Å². The molecule has 0 atom stereocenters. The second-order valence-corrected chi connectivity index (χ2v) is 8.10. The maximum atomic E-state index is 14.1. The van der Waals surface area contributed by atoms with Crippen LogP contribution in [0.3, 0.4) is 0 Å². The zero-order valence-corrected chi connectivity index (χ0v) is 17.2. The first kappa shape index (κ1) is 18.4. The van der Waals surface area contributed by atoms with Gasteiger partial charge in [0, 0.05) is 55.9 Å². The summed E-state index contributed by atoms with van der Waals surface area (Å²) in [5.41, 5.74) is 3.46. The van der Waals surface area contributed by atoms with Crippen molar-refractivity contribution in [1.82, 2.24) is 19.3 Å². The van der Waals surface area contributed by atoms with E-state index < -0.39 is 5.82 Å². The molecule has 7 heteroatoms. The molecule has 3 aromatic heterocycles. The van der Waals surface area contributed by atoms with Crippen LogP contribution in [0, 0.1) is 12.2 Å².